The van der Waals surface area contributed by atoms with Gasteiger partial charge in [0.15, 0.2) is 0 Å². The summed E-state index contributed by atoms with van der Waals surface area (Å²) < 4.78 is 4.93. The number of methoxy groups -OCH3 is 1. The van der Waals surface area contributed by atoms with Crippen molar-refractivity contribution in [2.75, 3.05) is 27.3 Å². The molecule has 0 saturated carbocycles. The van der Waals surface area contributed by atoms with Crippen molar-refractivity contribution in [3.8, 4) is 0 Å². The maximum atomic E-state index is 9.68. The maximum absolute atomic E-state index is 9.68. The molecule has 0 aliphatic heterocycles. The van der Waals surface area contributed by atoms with Crippen molar-refractivity contribution >= 4 is 0 Å². The van der Waals surface area contributed by atoms with E-state index in [1.807, 2.05) is 7.05 Å². The summed E-state index contributed by atoms with van der Waals surface area (Å²) in [5.41, 5.74) is 2.80. The van der Waals surface area contributed by atoms with E-state index in [1.165, 1.54) is 11.1 Å². The molecule has 1 rings (SSSR count). The molecule has 0 aliphatic rings. The van der Waals surface area contributed by atoms with E-state index in [2.05, 4.69) is 49.9 Å². The molecule has 0 radical (unpaired) electrons. The molecule has 19 heavy (non-hydrogen) atoms. The van der Waals surface area contributed by atoms with Crippen molar-refractivity contribution in [2.45, 2.75) is 38.8 Å². The molecule has 3 heteroatoms. The SMILES string of the molecule is COCC(O)CN(C)Cc1ccc(C(C)(C)C)cc1. The first-order chi connectivity index (χ1) is 8.82. The zero-order valence-electron chi connectivity index (χ0n) is 12.8. The molecule has 0 bridgehead atoms. The van der Waals surface area contributed by atoms with Gasteiger partial charge in [-0.2, -0.15) is 0 Å². The second kappa shape index (κ2) is 7.04. The van der Waals surface area contributed by atoms with E-state index in [0.29, 0.717) is 13.2 Å². The molecule has 1 aromatic carbocycles. The molecule has 0 saturated heterocycles. The van der Waals surface area contributed by atoms with E-state index in [9.17, 15) is 5.11 Å². The van der Waals surface area contributed by atoms with Gasteiger partial charge in [0.2, 0.25) is 0 Å². The molecular formula is C16H27NO2. The Labute approximate surface area is 117 Å². The van der Waals surface area contributed by atoms with Crippen LogP contribution in [-0.4, -0.2) is 43.4 Å². The van der Waals surface area contributed by atoms with Crippen molar-refractivity contribution < 1.29 is 9.84 Å². The average Bonchev–Trinajstić information content (AvgIpc) is 2.28. The number of likely N-dealkylation sites (N-methyl/N-ethyl adjacent to an activating group) is 1. The summed E-state index contributed by atoms with van der Waals surface area (Å²) in [6.07, 6.45) is -0.427. The van der Waals surface area contributed by atoms with Crippen LogP contribution in [0.25, 0.3) is 0 Å². The van der Waals surface area contributed by atoms with E-state index in [4.69, 9.17) is 4.74 Å². The minimum atomic E-state index is -0.427. The summed E-state index contributed by atoms with van der Waals surface area (Å²) in [6, 6.07) is 8.71. The van der Waals surface area contributed by atoms with Crippen LogP contribution < -0.4 is 0 Å². The summed E-state index contributed by atoms with van der Waals surface area (Å²) in [7, 11) is 3.62. The van der Waals surface area contributed by atoms with Gasteiger partial charge in [-0.3, -0.25) is 4.90 Å². The number of nitrogens with zero attached hydrogens (tertiary/aromatic N) is 1. The van der Waals surface area contributed by atoms with E-state index in [0.717, 1.165) is 6.54 Å². The van der Waals surface area contributed by atoms with E-state index < -0.39 is 6.10 Å². The highest BCUT2D eigenvalue weighted by Gasteiger charge is 2.13. The zero-order valence-corrected chi connectivity index (χ0v) is 12.8. The Balaban J connectivity index is 2.53. The summed E-state index contributed by atoms with van der Waals surface area (Å²) in [4.78, 5) is 2.11. The highest BCUT2D eigenvalue weighted by atomic mass is 16.5. The molecule has 1 unspecified atom stereocenters. The number of hydrogen-bond donors (Lipinski definition) is 1. The topological polar surface area (TPSA) is 32.7 Å². The van der Waals surface area contributed by atoms with Gasteiger partial charge in [0.25, 0.3) is 0 Å². The van der Waals surface area contributed by atoms with Crippen LogP contribution in [-0.2, 0) is 16.7 Å². The van der Waals surface area contributed by atoms with Gasteiger partial charge < -0.3 is 9.84 Å². The quantitative estimate of drug-likeness (QED) is 0.857. The van der Waals surface area contributed by atoms with Crippen LogP contribution in [0.15, 0.2) is 24.3 Å². The Hall–Kier alpha value is -0.900. The molecule has 0 fully saturated rings. The molecule has 0 amide bonds. The van der Waals surface area contributed by atoms with Gasteiger partial charge in [-0.1, -0.05) is 45.0 Å². The van der Waals surface area contributed by atoms with E-state index in [-0.39, 0.29) is 5.41 Å². The Morgan fingerprint density at radius 2 is 1.79 bits per heavy atom. The van der Waals surface area contributed by atoms with Crippen molar-refractivity contribution in [2.24, 2.45) is 0 Å². The molecule has 0 spiro atoms. The Bertz CT molecular complexity index is 367. The van der Waals surface area contributed by atoms with Gasteiger partial charge in [-0.25, -0.2) is 0 Å². The first-order valence-electron chi connectivity index (χ1n) is 6.78. The van der Waals surface area contributed by atoms with Crippen LogP contribution in [0.1, 0.15) is 31.9 Å². The molecule has 0 heterocycles. The van der Waals surface area contributed by atoms with Crippen LogP contribution in [0, 0.1) is 0 Å². The second-order valence-corrected chi connectivity index (χ2v) is 6.25. The van der Waals surface area contributed by atoms with Crippen LogP contribution in [0.3, 0.4) is 0 Å². The van der Waals surface area contributed by atoms with Gasteiger partial charge >= 0.3 is 0 Å². The predicted octanol–water partition coefficient (Wildman–Crippen LogP) is 2.42. The Morgan fingerprint density at radius 1 is 1.21 bits per heavy atom. The Morgan fingerprint density at radius 3 is 2.26 bits per heavy atom. The molecule has 1 aromatic rings. The van der Waals surface area contributed by atoms with Gasteiger partial charge in [-0.05, 0) is 23.6 Å². The molecule has 3 nitrogen and oxygen atoms in total. The molecule has 1 N–H and O–H groups in total. The van der Waals surface area contributed by atoms with Crippen LogP contribution in [0.2, 0.25) is 0 Å². The summed E-state index contributed by atoms with van der Waals surface area (Å²) in [5.74, 6) is 0. The number of rotatable bonds is 6. The minimum absolute atomic E-state index is 0.194. The Kier molecular flexibility index (Phi) is 5.98. The average molecular weight is 265 g/mol. The fourth-order valence-electron chi connectivity index (χ4n) is 2.09. The third-order valence-electron chi connectivity index (χ3n) is 3.15. The first-order valence-corrected chi connectivity index (χ1v) is 6.78. The molecule has 108 valence electrons. The molecule has 1 atom stereocenters. The number of ether oxygens (including phenoxy) is 1. The normalized spacial score (nSPS) is 13.8. The van der Waals surface area contributed by atoms with E-state index in [1.54, 1.807) is 7.11 Å². The van der Waals surface area contributed by atoms with Crippen LogP contribution >= 0.6 is 0 Å². The largest absolute Gasteiger partial charge is 0.389 e. The van der Waals surface area contributed by atoms with Gasteiger partial charge in [-0.15, -0.1) is 0 Å². The third-order valence-corrected chi connectivity index (χ3v) is 3.15. The lowest BCUT2D eigenvalue weighted by Gasteiger charge is -2.22. The van der Waals surface area contributed by atoms with Gasteiger partial charge in [0, 0.05) is 20.2 Å². The number of hydrogen-bond acceptors (Lipinski definition) is 3. The lowest BCUT2D eigenvalue weighted by Crippen LogP contribution is -2.31. The lowest BCUT2D eigenvalue weighted by molar-refractivity contribution is 0.0419. The standard InChI is InChI=1S/C16H27NO2/c1-16(2,3)14-8-6-13(7-9-14)10-17(4)11-15(18)12-19-5/h6-9,15,18H,10-12H2,1-5H3. The summed E-state index contributed by atoms with van der Waals surface area (Å²) >= 11 is 0. The fraction of sp³-hybridized carbons (Fsp3) is 0.625. The maximum Gasteiger partial charge on any atom is 0.0900 e. The van der Waals surface area contributed by atoms with Gasteiger partial charge in [0.1, 0.15) is 0 Å². The van der Waals surface area contributed by atoms with Crippen molar-refractivity contribution in [1.82, 2.24) is 4.90 Å². The lowest BCUT2D eigenvalue weighted by atomic mass is 9.87. The van der Waals surface area contributed by atoms with Crippen LogP contribution in [0.4, 0.5) is 0 Å². The van der Waals surface area contributed by atoms with E-state index >= 15 is 0 Å². The van der Waals surface area contributed by atoms with Crippen molar-refractivity contribution in [1.29, 1.82) is 0 Å². The predicted molar refractivity (Wildman–Crippen MR) is 79.4 cm³/mol. The number of aliphatic hydroxyl groups excluding tert-OH is 1. The monoisotopic (exact) mass is 265 g/mol. The van der Waals surface area contributed by atoms with Crippen molar-refractivity contribution in [3.05, 3.63) is 35.4 Å². The van der Waals surface area contributed by atoms with Crippen molar-refractivity contribution in [3.63, 3.8) is 0 Å². The summed E-state index contributed by atoms with van der Waals surface area (Å²) in [6.45, 7) is 8.49. The zero-order chi connectivity index (χ0) is 14.5. The highest BCUT2D eigenvalue weighted by molar-refractivity contribution is 5.27. The number of aliphatic hydroxyl groups is 1. The second-order valence-electron chi connectivity index (χ2n) is 6.25. The molecular weight excluding hydrogens is 238 g/mol. The summed E-state index contributed by atoms with van der Waals surface area (Å²) in [5, 5.41) is 9.68. The third kappa shape index (κ3) is 5.72. The number of benzene rings is 1. The minimum Gasteiger partial charge on any atom is -0.389 e. The van der Waals surface area contributed by atoms with Crippen LogP contribution in [0.5, 0.6) is 0 Å². The highest BCUT2D eigenvalue weighted by Crippen LogP contribution is 2.22. The molecule has 0 aromatic heterocycles. The fourth-order valence-corrected chi connectivity index (χ4v) is 2.09. The molecule has 0 aliphatic carbocycles. The van der Waals surface area contributed by atoms with Gasteiger partial charge in [0.05, 0.1) is 12.7 Å². The first kappa shape index (κ1) is 16.2. The smallest absolute Gasteiger partial charge is 0.0900 e.